The number of aromatic nitrogens is 4. The lowest BCUT2D eigenvalue weighted by Gasteiger charge is -2.27. The fourth-order valence-electron chi connectivity index (χ4n) is 3.99. The highest BCUT2D eigenvalue weighted by molar-refractivity contribution is 6.43. The molecule has 0 atom stereocenters. The molecular weight excluding hydrogens is 471 g/mol. The molecule has 7 nitrogen and oxygen atoms in total. The minimum absolute atomic E-state index is 0.111. The number of aryl methyl sites for hydroxylation is 1. The lowest BCUT2D eigenvalue weighted by Crippen LogP contribution is -2.31. The third-order valence-corrected chi connectivity index (χ3v) is 6.86. The van der Waals surface area contributed by atoms with Crippen LogP contribution < -0.4 is 16.2 Å². The van der Waals surface area contributed by atoms with E-state index in [0.717, 1.165) is 16.6 Å². The molecule has 0 aliphatic heterocycles. The van der Waals surface area contributed by atoms with Crippen LogP contribution >= 0.6 is 23.2 Å². The van der Waals surface area contributed by atoms with Crippen LogP contribution in [0.25, 0.3) is 10.9 Å². The second-order valence-corrected chi connectivity index (χ2v) is 9.88. The molecule has 9 heteroatoms. The Bertz CT molecular complexity index is 1440. The van der Waals surface area contributed by atoms with Crippen LogP contribution in [-0.4, -0.2) is 19.5 Å². The van der Waals surface area contributed by atoms with Gasteiger partial charge >= 0.3 is 0 Å². The monoisotopic (exact) mass is 494 g/mol. The Kier molecular flexibility index (Phi) is 5.70. The first-order valence-electron chi connectivity index (χ1n) is 11.0. The SMILES string of the molecule is Cn1c(=O)cc(NC(C)(C)c2ncc(C3CC3)cn2)c2cc(Nc3ccnc(Cl)c3Cl)ccc21. The van der Waals surface area contributed by atoms with E-state index in [9.17, 15) is 4.79 Å². The summed E-state index contributed by atoms with van der Waals surface area (Å²) in [5.74, 6) is 1.26. The average Bonchev–Trinajstić information content (AvgIpc) is 3.66. The van der Waals surface area contributed by atoms with Gasteiger partial charge in [-0.05, 0) is 62.4 Å². The molecule has 1 saturated carbocycles. The van der Waals surface area contributed by atoms with Crippen LogP contribution in [0, 0.1) is 0 Å². The van der Waals surface area contributed by atoms with Gasteiger partial charge < -0.3 is 15.2 Å². The van der Waals surface area contributed by atoms with E-state index in [1.807, 2.05) is 44.4 Å². The molecule has 174 valence electrons. The van der Waals surface area contributed by atoms with Gasteiger partial charge in [0, 0.05) is 48.5 Å². The number of pyridine rings is 2. The molecule has 3 heterocycles. The van der Waals surface area contributed by atoms with Gasteiger partial charge in [-0.25, -0.2) is 15.0 Å². The van der Waals surface area contributed by atoms with Gasteiger partial charge in [-0.15, -0.1) is 0 Å². The van der Waals surface area contributed by atoms with Crippen LogP contribution in [0.15, 0.2) is 53.7 Å². The maximum Gasteiger partial charge on any atom is 0.252 e. The highest BCUT2D eigenvalue weighted by Crippen LogP contribution is 2.39. The molecule has 1 aromatic carbocycles. The summed E-state index contributed by atoms with van der Waals surface area (Å²) in [5, 5.41) is 8.22. The lowest BCUT2D eigenvalue weighted by atomic mass is 10.0. The fourth-order valence-corrected chi connectivity index (χ4v) is 4.31. The van der Waals surface area contributed by atoms with Crippen LogP contribution in [0.3, 0.4) is 0 Å². The third-order valence-electron chi connectivity index (χ3n) is 6.10. The molecule has 0 radical (unpaired) electrons. The number of hydrogen-bond donors (Lipinski definition) is 2. The number of hydrogen-bond acceptors (Lipinski definition) is 6. The molecule has 2 N–H and O–H groups in total. The van der Waals surface area contributed by atoms with Crippen molar-refractivity contribution in [1.82, 2.24) is 19.5 Å². The first-order chi connectivity index (χ1) is 16.2. The predicted octanol–water partition coefficient (Wildman–Crippen LogP) is 6.00. The fraction of sp³-hybridized carbons (Fsp3) is 0.280. The van der Waals surface area contributed by atoms with E-state index in [-0.39, 0.29) is 10.7 Å². The quantitative estimate of drug-likeness (QED) is 0.319. The zero-order valence-corrected chi connectivity index (χ0v) is 20.6. The van der Waals surface area contributed by atoms with Crippen molar-refractivity contribution in [2.75, 3.05) is 10.6 Å². The van der Waals surface area contributed by atoms with E-state index < -0.39 is 5.54 Å². The van der Waals surface area contributed by atoms with Crippen LogP contribution in [0.5, 0.6) is 0 Å². The van der Waals surface area contributed by atoms with Gasteiger partial charge in [0.05, 0.1) is 16.7 Å². The lowest BCUT2D eigenvalue weighted by molar-refractivity contribution is 0.561. The van der Waals surface area contributed by atoms with Gasteiger partial charge in [0.15, 0.2) is 5.82 Å². The van der Waals surface area contributed by atoms with Gasteiger partial charge in [-0.1, -0.05) is 23.2 Å². The smallest absolute Gasteiger partial charge is 0.252 e. The van der Waals surface area contributed by atoms with Crippen LogP contribution in [-0.2, 0) is 12.6 Å². The van der Waals surface area contributed by atoms with Crippen molar-refractivity contribution in [2.45, 2.75) is 38.1 Å². The molecule has 5 rings (SSSR count). The standard InChI is InChI=1S/C25H24Cl2N6O/c1-25(2,24-29-12-15(13-30-24)14-4-5-14)32-19-11-21(34)33(3)20-7-6-16(10-17(19)20)31-18-8-9-28-23(27)22(18)26/h6-14,32H,4-5H2,1-3H3,(H,28,31). The number of benzene rings is 1. The molecule has 4 aromatic rings. The topological polar surface area (TPSA) is 84.7 Å². The van der Waals surface area contributed by atoms with Gasteiger partial charge in [0.25, 0.3) is 5.56 Å². The first-order valence-corrected chi connectivity index (χ1v) is 11.8. The number of anilines is 3. The molecule has 0 unspecified atom stereocenters. The Labute approximate surface area is 207 Å². The van der Waals surface area contributed by atoms with Crippen LogP contribution in [0.2, 0.25) is 10.2 Å². The predicted molar refractivity (Wildman–Crippen MR) is 137 cm³/mol. The highest BCUT2D eigenvalue weighted by Gasteiger charge is 2.28. The van der Waals surface area contributed by atoms with Crippen molar-refractivity contribution in [2.24, 2.45) is 7.05 Å². The van der Waals surface area contributed by atoms with Gasteiger partial charge in [-0.2, -0.15) is 0 Å². The molecule has 34 heavy (non-hydrogen) atoms. The second kappa shape index (κ2) is 8.56. The molecule has 0 amide bonds. The van der Waals surface area contributed by atoms with Crippen LogP contribution in [0.1, 0.15) is 44.0 Å². The summed E-state index contributed by atoms with van der Waals surface area (Å²) < 4.78 is 1.62. The van der Waals surface area contributed by atoms with Crippen molar-refractivity contribution in [1.29, 1.82) is 0 Å². The maximum atomic E-state index is 12.7. The number of fused-ring (bicyclic) bond motifs is 1. The van der Waals surface area contributed by atoms with Gasteiger partial charge in [0.2, 0.25) is 0 Å². The largest absolute Gasteiger partial charge is 0.372 e. The second-order valence-electron chi connectivity index (χ2n) is 9.14. The molecule has 0 spiro atoms. The molecule has 3 aromatic heterocycles. The first kappa shape index (κ1) is 22.6. The molecule has 0 bridgehead atoms. The van der Waals surface area contributed by atoms with E-state index in [2.05, 4.69) is 25.6 Å². The summed E-state index contributed by atoms with van der Waals surface area (Å²) in [6, 6.07) is 9.11. The molecule has 0 saturated heterocycles. The normalized spacial score (nSPS) is 13.8. The molecule has 1 aliphatic rings. The summed E-state index contributed by atoms with van der Waals surface area (Å²) in [5.41, 5.74) is 3.39. The van der Waals surface area contributed by atoms with E-state index in [1.54, 1.807) is 29.9 Å². The van der Waals surface area contributed by atoms with Crippen molar-refractivity contribution >= 4 is 51.2 Å². The zero-order chi connectivity index (χ0) is 24.0. The minimum atomic E-state index is -0.604. The summed E-state index contributed by atoms with van der Waals surface area (Å²) in [6.45, 7) is 4.01. The number of rotatable bonds is 6. The summed E-state index contributed by atoms with van der Waals surface area (Å²) >= 11 is 12.4. The van der Waals surface area contributed by atoms with Gasteiger partial charge in [0.1, 0.15) is 10.2 Å². The highest BCUT2D eigenvalue weighted by atomic mass is 35.5. The summed E-state index contributed by atoms with van der Waals surface area (Å²) in [6.07, 6.45) is 7.83. The van der Waals surface area contributed by atoms with Crippen molar-refractivity contribution in [3.05, 3.63) is 80.8 Å². The Morgan fingerprint density at radius 2 is 1.76 bits per heavy atom. The van der Waals surface area contributed by atoms with E-state index in [1.165, 1.54) is 18.4 Å². The van der Waals surface area contributed by atoms with Crippen molar-refractivity contribution in [3.63, 3.8) is 0 Å². The number of nitrogens with one attached hydrogen (secondary N) is 2. The Morgan fingerprint density at radius 1 is 1.03 bits per heavy atom. The van der Waals surface area contributed by atoms with E-state index in [0.29, 0.717) is 28.1 Å². The number of nitrogens with zero attached hydrogens (tertiary/aromatic N) is 4. The van der Waals surface area contributed by atoms with Crippen molar-refractivity contribution in [3.8, 4) is 0 Å². The molecule has 1 fully saturated rings. The summed E-state index contributed by atoms with van der Waals surface area (Å²) in [7, 11) is 1.76. The van der Waals surface area contributed by atoms with Crippen LogP contribution in [0.4, 0.5) is 17.1 Å². The summed E-state index contributed by atoms with van der Waals surface area (Å²) in [4.78, 5) is 25.9. The van der Waals surface area contributed by atoms with Gasteiger partial charge in [-0.3, -0.25) is 4.79 Å². The zero-order valence-electron chi connectivity index (χ0n) is 19.1. The van der Waals surface area contributed by atoms with E-state index >= 15 is 0 Å². The molecular formula is C25H24Cl2N6O. The third kappa shape index (κ3) is 4.33. The molecule has 1 aliphatic carbocycles. The average molecular weight is 495 g/mol. The Hall–Kier alpha value is -3.16. The minimum Gasteiger partial charge on any atom is -0.372 e. The number of halogens is 2. The Balaban J connectivity index is 1.52. The Morgan fingerprint density at radius 3 is 2.47 bits per heavy atom. The van der Waals surface area contributed by atoms with E-state index in [4.69, 9.17) is 23.2 Å². The van der Waals surface area contributed by atoms with Crippen molar-refractivity contribution < 1.29 is 0 Å². The maximum absolute atomic E-state index is 12.7.